The summed E-state index contributed by atoms with van der Waals surface area (Å²) in [4.78, 5) is 0.291. The largest absolute Gasteiger partial charge is 0.329 e. The first-order valence-electron chi connectivity index (χ1n) is 6.56. The van der Waals surface area contributed by atoms with Gasteiger partial charge in [-0.3, -0.25) is 0 Å². The van der Waals surface area contributed by atoms with Crippen molar-refractivity contribution in [1.82, 2.24) is 4.31 Å². The molecular weight excluding hydrogens is 408 g/mol. The van der Waals surface area contributed by atoms with Crippen LogP contribution in [-0.4, -0.2) is 31.4 Å². The van der Waals surface area contributed by atoms with Gasteiger partial charge in [0, 0.05) is 27.6 Å². The molecule has 1 saturated heterocycles. The van der Waals surface area contributed by atoms with Crippen LogP contribution in [0.25, 0.3) is 0 Å². The van der Waals surface area contributed by atoms with E-state index in [-0.39, 0.29) is 12.1 Å². The van der Waals surface area contributed by atoms with E-state index in [2.05, 4.69) is 31.9 Å². The molecule has 1 aliphatic rings. The lowest BCUT2D eigenvalue weighted by molar-refractivity contribution is 0.196. The molecule has 0 spiro atoms. The van der Waals surface area contributed by atoms with Crippen LogP contribution in [0.4, 0.5) is 0 Å². The highest BCUT2D eigenvalue weighted by atomic mass is 79.9. The van der Waals surface area contributed by atoms with Crippen molar-refractivity contribution in [2.75, 3.05) is 6.54 Å². The third-order valence-electron chi connectivity index (χ3n) is 3.67. The average molecular weight is 426 g/mol. The van der Waals surface area contributed by atoms with Crippen molar-refractivity contribution in [3.63, 3.8) is 0 Å². The Labute approximate surface area is 137 Å². The molecule has 112 valence electrons. The zero-order valence-electron chi connectivity index (χ0n) is 11.2. The smallest absolute Gasteiger partial charge is 0.244 e. The average Bonchev–Trinajstić information content (AvgIpc) is 2.40. The van der Waals surface area contributed by atoms with Crippen molar-refractivity contribution in [2.45, 2.75) is 43.2 Å². The second-order valence-electron chi connectivity index (χ2n) is 5.08. The number of nitrogens with zero attached hydrogens (tertiary/aromatic N) is 1. The SMILES string of the molecule is CC1CCCC(CN)N1S(=O)(=O)c1cc(Br)ccc1Br. The number of piperidine rings is 1. The molecule has 2 atom stereocenters. The van der Waals surface area contributed by atoms with Gasteiger partial charge in [-0.05, 0) is 53.9 Å². The zero-order chi connectivity index (χ0) is 14.9. The Bertz CT molecular complexity index is 592. The normalized spacial score (nSPS) is 24.8. The number of nitrogens with two attached hydrogens (primary N) is 1. The van der Waals surface area contributed by atoms with E-state index in [1.54, 1.807) is 16.4 Å². The van der Waals surface area contributed by atoms with Gasteiger partial charge in [-0.25, -0.2) is 8.42 Å². The highest BCUT2D eigenvalue weighted by Crippen LogP contribution is 2.33. The van der Waals surface area contributed by atoms with E-state index in [9.17, 15) is 8.42 Å². The quantitative estimate of drug-likeness (QED) is 0.809. The molecule has 1 aromatic carbocycles. The first-order valence-corrected chi connectivity index (χ1v) is 9.59. The molecule has 0 aromatic heterocycles. The summed E-state index contributed by atoms with van der Waals surface area (Å²) in [6, 6.07) is 5.04. The molecule has 2 unspecified atom stereocenters. The summed E-state index contributed by atoms with van der Waals surface area (Å²) in [5.74, 6) is 0. The molecule has 0 amide bonds. The van der Waals surface area contributed by atoms with E-state index < -0.39 is 10.0 Å². The van der Waals surface area contributed by atoms with Crippen LogP contribution in [0.5, 0.6) is 0 Å². The van der Waals surface area contributed by atoms with Crippen LogP contribution in [0, 0.1) is 0 Å². The number of sulfonamides is 1. The molecule has 1 aliphatic heterocycles. The summed E-state index contributed by atoms with van der Waals surface area (Å²) in [6.07, 6.45) is 2.72. The van der Waals surface area contributed by atoms with Gasteiger partial charge in [-0.1, -0.05) is 22.4 Å². The predicted octanol–water partition coefficient (Wildman–Crippen LogP) is 3.10. The van der Waals surface area contributed by atoms with E-state index in [4.69, 9.17) is 5.73 Å². The molecule has 1 fully saturated rings. The van der Waals surface area contributed by atoms with Crippen LogP contribution in [0.1, 0.15) is 26.2 Å². The summed E-state index contributed by atoms with van der Waals surface area (Å²) in [6.45, 7) is 2.31. The molecule has 0 radical (unpaired) electrons. The minimum Gasteiger partial charge on any atom is -0.329 e. The minimum atomic E-state index is -3.55. The van der Waals surface area contributed by atoms with Crippen LogP contribution in [0.3, 0.4) is 0 Å². The summed E-state index contributed by atoms with van der Waals surface area (Å²) in [7, 11) is -3.55. The number of hydrogen-bond donors (Lipinski definition) is 1. The minimum absolute atomic E-state index is 0.0202. The lowest BCUT2D eigenvalue weighted by atomic mass is 10.00. The molecular formula is C13H18Br2N2O2S. The molecule has 7 heteroatoms. The molecule has 0 saturated carbocycles. The topological polar surface area (TPSA) is 63.4 Å². The fourth-order valence-electron chi connectivity index (χ4n) is 2.71. The first-order chi connectivity index (χ1) is 9.37. The fourth-order valence-corrected chi connectivity index (χ4v) is 6.06. The van der Waals surface area contributed by atoms with Crippen molar-refractivity contribution in [3.8, 4) is 0 Å². The predicted molar refractivity (Wildman–Crippen MR) is 87.0 cm³/mol. The maximum Gasteiger partial charge on any atom is 0.244 e. The van der Waals surface area contributed by atoms with E-state index in [0.29, 0.717) is 15.9 Å². The fraction of sp³-hybridized carbons (Fsp3) is 0.538. The maximum atomic E-state index is 13.0. The Balaban J connectivity index is 2.49. The van der Waals surface area contributed by atoms with Gasteiger partial charge in [-0.15, -0.1) is 0 Å². The molecule has 0 aliphatic carbocycles. The lowest BCUT2D eigenvalue weighted by Crippen LogP contribution is -2.51. The zero-order valence-corrected chi connectivity index (χ0v) is 15.2. The Morgan fingerprint density at radius 2 is 2.05 bits per heavy atom. The maximum absolute atomic E-state index is 13.0. The van der Waals surface area contributed by atoms with E-state index >= 15 is 0 Å². The Kier molecular flexibility index (Phi) is 5.29. The van der Waals surface area contributed by atoms with Crippen LogP contribution >= 0.6 is 31.9 Å². The van der Waals surface area contributed by atoms with Gasteiger partial charge in [0.1, 0.15) is 0 Å². The second kappa shape index (κ2) is 6.44. The van der Waals surface area contributed by atoms with Crippen molar-refractivity contribution < 1.29 is 8.42 Å². The van der Waals surface area contributed by atoms with Gasteiger partial charge in [0.25, 0.3) is 0 Å². The molecule has 0 bridgehead atoms. The first kappa shape index (κ1) is 16.4. The van der Waals surface area contributed by atoms with Crippen LogP contribution in [0.2, 0.25) is 0 Å². The van der Waals surface area contributed by atoms with Crippen LogP contribution in [0.15, 0.2) is 32.0 Å². The third kappa shape index (κ3) is 3.11. The highest BCUT2D eigenvalue weighted by molar-refractivity contribution is 9.11. The molecule has 20 heavy (non-hydrogen) atoms. The summed E-state index contributed by atoms with van der Waals surface area (Å²) in [5.41, 5.74) is 5.77. The Morgan fingerprint density at radius 1 is 1.35 bits per heavy atom. The number of halogens is 2. The van der Waals surface area contributed by atoms with Gasteiger partial charge in [0.15, 0.2) is 0 Å². The summed E-state index contributed by atoms with van der Waals surface area (Å²) in [5, 5.41) is 0. The third-order valence-corrected chi connectivity index (χ3v) is 7.23. The second-order valence-corrected chi connectivity index (χ2v) is 8.66. The van der Waals surface area contributed by atoms with E-state index in [1.165, 1.54) is 0 Å². The van der Waals surface area contributed by atoms with Crippen molar-refractivity contribution in [2.24, 2.45) is 5.73 Å². The van der Waals surface area contributed by atoms with E-state index in [1.807, 2.05) is 13.0 Å². The van der Waals surface area contributed by atoms with Crippen LogP contribution < -0.4 is 5.73 Å². The highest BCUT2D eigenvalue weighted by Gasteiger charge is 2.38. The molecule has 1 heterocycles. The van der Waals surface area contributed by atoms with Crippen molar-refractivity contribution in [1.29, 1.82) is 0 Å². The molecule has 2 rings (SSSR count). The summed E-state index contributed by atoms with van der Waals surface area (Å²) < 4.78 is 28.8. The lowest BCUT2D eigenvalue weighted by Gasteiger charge is -2.39. The van der Waals surface area contributed by atoms with Gasteiger partial charge in [-0.2, -0.15) is 4.31 Å². The summed E-state index contributed by atoms with van der Waals surface area (Å²) >= 11 is 6.67. The van der Waals surface area contributed by atoms with Gasteiger partial charge < -0.3 is 5.73 Å². The molecule has 4 nitrogen and oxygen atoms in total. The van der Waals surface area contributed by atoms with Gasteiger partial charge >= 0.3 is 0 Å². The number of rotatable bonds is 3. The van der Waals surface area contributed by atoms with E-state index in [0.717, 1.165) is 23.7 Å². The van der Waals surface area contributed by atoms with Crippen LogP contribution in [-0.2, 0) is 10.0 Å². The number of benzene rings is 1. The van der Waals surface area contributed by atoms with Gasteiger partial charge in [0.2, 0.25) is 10.0 Å². The molecule has 1 aromatic rings. The van der Waals surface area contributed by atoms with Crippen molar-refractivity contribution in [3.05, 3.63) is 27.1 Å². The number of hydrogen-bond acceptors (Lipinski definition) is 3. The Hall–Kier alpha value is 0.0500. The van der Waals surface area contributed by atoms with Crippen molar-refractivity contribution >= 4 is 41.9 Å². The Morgan fingerprint density at radius 3 is 2.70 bits per heavy atom. The standard InChI is InChI=1S/C13H18Br2N2O2S/c1-9-3-2-4-11(8-16)17(9)20(18,19)13-7-10(14)5-6-12(13)15/h5-7,9,11H,2-4,8,16H2,1H3. The molecule has 2 N–H and O–H groups in total. The monoisotopic (exact) mass is 424 g/mol. The van der Waals surface area contributed by atoms with Gasteiger partial charge in [0.05, 0.1) is 4.90 Å².